The van der Waals surface area contributed by atoms with Gasteiger partial charge in [-0.3, -0.25) is 9.69 Å². The number of amides is 1. The summed E-state index contributed by atoms with van der Waals surface area (Å²) in [5, 5.41) is 9.78. The molecule has 1 heterocycles. The Bertz CT molecular complexity index is 698. The number of carbonyl (C=O) groups is 1. The molecule has 0 bridgehead atoms. The smallest absolute Gasteiger partial charge is 0.240 e. The van der Waals surface area contributed by atoms with Gasteiger partial charge in [-0.15, -0.1) is 0 Å². The minimum Gasteiger partial charge on any atom is -0.497 e. The van der Waals surface area contributed by atoms with Crippen LogP contribution in [0.5, 0.6) is 5.75 Å². The van der Waals surface area contributed by atoms with Gasteiger partial charge in [-0.05, 0) is 44.0 Å². The molecular weight excluding hydrogens is 352 g/mol. The van der Waals surface area contributed by atoms with Crippen LogP contribution in [0.15, 0.2) is 24.3 Å². The molecule has 1 saturated carbocycles. The van der Waals surface area contributed by atoms with Gasteiger partial charge in [0.25, 0.3) is 0 Å². The van der Waals surface area contributed by atoms with Gasteiger partial charge in [-0.2, -0.15) is 5.26 Å². The van der Waals surface area contributed by atoms with E-state index in [1.54, 1.807) is 12.0 Å². The number of nitriles is 1. The predicted molar refractivity (Wildman–Crippen MR) is 110 cm³/mol. The van der Waals surface area contributed by atoms with E-state index >= 15 is 0 Å². The summed E-state index contributed by atoms with van der Waals surface area (Å²) in [5.74, 6) is 0.931. The molecule has 28 heavy (non-hydrogen) atoms. The third kappa shape index (κ3) is 4.10. The number of hydrogen-bond donors (Lipinski definition) is 0. The van der Waals surface area contributed by atoms with Gasteiger partial charge in [0, 0.05) is 38.9 Å². The van der Waals surface area contributed by atoms with E-state index in [4.69, 9.17) is 4.74 Å². The Balaban J connectivity index is 1.58. The largest absolute Gasteiger partial charge is 0.497 e. The molecule has 0 radical (unpaired) electrons. The number of piperazine rings is 1. The first-order chi connectivity index (χ1) is 13.5. The molecular formula is C22H32N4O2. The number of anilines is 1. The molecule has 6 heteroatoms. The fourth-order valence-corrected chi connectivity index (χ4v) is 4.47. The number of hydrogen-bond acceptors (Lipinski definition) is 5. The number of nitrogens with zero attached hydrogens (tertiary/aromatic N) is 4. The summed E-state index contributed by atoms with van der Waals surface area (Å²) >= 11 is 0. The molecule has 1 aromatic rings. The lowest BCUT2D eigenvalue weighted by Gasteiger charge is -2.43. The molecule has 1 saturated heterocycles. The second kappa shape index (κ2) is 8.83. The average molecular weight is 385 g/mol. The van der Waals surface area contributed by atoms with Crippen LogP contribution in [0.25, 0.3) is 0 Å². The van der Waals surface area contributed by atoms with Crippen molar-refractivity contribution in [1.82, 2.24) is 9.80 Å². The molecule has 1 amide bonds. The molecule has 2 aliphatic rings. The van der Waals surface area contributed by atoms with Crippen LogP contribution in [-0.4, -0.2) is 67.6 Å². The van der Waals surface area contributed by atoms with Crippen molar-refractivity contribution in [3.05, 3.63) is 24.3 Å². The Morgan fingerprint density at radius 1 is 1.14 bits per heavy atom. The molecule has 0 N–H and O–H groups in total. The maximum atomic E-state index is 13.1. The monoisotopic (exact) mass is 384 g/mol. The SMILES string of the molecule is COc1ccc(N2CCN([C@@H](C)C(=O)N(C)C3(C#N)CCCCC3)CC2)cc1. The molecule has 1 aliphatic heterocycles. The Hall–Kier alpha value is -2.26. The molecule has 1 atom stereocenters. The molecule has 152 valence electrons. The molecule has 1 aliphatic carbocycles. The van der Waals surface area contributed by atoms with Crippen LogP contribution in [-0.2, 0) is 4.79 Å². The van der Waals surface area contributed by atoms with Gasteiger partial charge in [-0.1, -0.05) is 19.3 Å². The van der Waals surface area contributed by atoms with Gasteiger partial charge in [0.15, 0.2) is 0 Å². The highest BCUT2D eigenvalue weighted by Crippen LogP contribution is 2.33. The van der Waals surface area contributed by atoms with Crippen LogP contribution < -0.4 is 9.64 Å². The number of methoxy groups -OCH3 is 1. The lowest BCUT2D eigenvalue weighted by Crippen LogP contribution is -2.58. The van der Waals surface area contributed by atoms with Crippen LogP contribution in [0.4, 0.5) is 5.69 Å². The number of carbonyl (C=O) groups excluding carboxylic acids is 1. The van der Waals surface area contributed by atoms with Gasteiger partial charge in [0.05, 0.1) is 19.2 Å². The minimum absolute atomic E-state index is 0.0707. The van der Waals surface area contributed by atoms with Gasteiger partial charge in [0.2, 0.25) is 5.91 Å². The van der Waals surface area contributed by atoms with Gasteiger partial charge >= 0.3 is 0 Å². The lowest BCUT2D eigenvalue weighted by atomic mass is 9.81. The first kappa shape index (κ1) is 20.5. The number of benzene rings is 1. The molecule has 0 spiro atoms. The molecule has 2 fully saturated rings. The highest BCUT2D eigenvalue weighted by molar-refractivity contribution is 5.82. The van der Waals surface area contributed by atoms with Gasteiger partial charge in [-0.25, -0.2) is 0 Å². The third-order valence-corrected chi connectivity index (χ3v) is 6.52. The van der Waals surface area contributed by atoms with Crippen molar-refractivity contribution in [2.24, 2.45) is 0 Å². The van der Waals surface area contributed by atoms with E-state index in [2.05, 4.69) is 28.0 Å². The molecule has 3 rings (SSSR count). The average Bonchev–Trinajstić information content (AvgIpc) is 2.78. The zero-order valence-electron chi connectivity index (χ0n) is 17.4. The molecule has 1 aromatic carbocycles. The van der Waals surface area contributed by atoms with Crippen molar-refractivity contribution in [3.8, 4) is 11.8 Å². The first-order valence-corrected chi connectivity index (χ1v) is 10.3. The number of rotatable bonds is 5. The van der Waals surface area contributed by atoms with E-state index < -0.39 is 5.54 Å². The van der Waals surface area contributed by atoms with E-state index in [-0.39, 0.29) is 11.9 Å². The quantitative estimate of drug-likeness (QED) is 0.781. The van der Waals surface area contributed by atoms with Gasteiger partial charge in [0.1, 0.15) is 11.3 Å². The van der Waals surface area contributed by atoms with Crippen molar-refractivity contribution in [2.45, 2.75) is 50.6 Å². The molecule has 6 nitrogen and oxygen atoms in total. The number of ether oxygens (including phenoxy) is 1. The van der Waals surface area contributed by atoms with Gasteiger partial charge < -0.3 is 14.5 Å². The fraction of sp³-hybridized carbons (Fsp3) is 0.636. The van der Waals surface area contributed by atoms with Crippen LogP contribution in [0.2, 0.25) is 0 Å². The van der Waals surface area contributed by atoms with Crippen LogP contribution in [0.1, 0.15) is 39.0 Å². The first-order valence-electron chi connectivity index (χ1n) is 10.3. The van der Waals surface area contributed by atoms with Crippen LogP contribution in [0, 0.1) is 11.3 Å². The fourth-order valence-electron chi connectivity index (χ4n) is 4.47. The Morgan fingerprint density at radius 3 is 2.29 bits per heavy atom. The summed E-state index contributed by atoms with van der Waals surface area (Å²) in [7, 11) is 3.49. The van der Waals surface area contributed by atoms with Crippen LogP contribution in [0.3, 0.4) is 0 Å². The number of likely N-dealkylation sites (N-methyl/N-ethyl adjacent to an activating group) is 1. The summed E-state index contributed by atoms with van der Waals surface area (Å²) in [6.45, 7) is 5.43. The van der Waals surface area contributed by atoms with Crippen molar-refractivity contribution in [1.29, 1.82) is 5.26 Å². The topological polar surface area (TPSA) is 59.8 Å². The van der Waals surface area contributed by atoms with Crippen LogP contribution >= 0.6 is 0 Å². The highest BCUT2D eigenvalue weighted by atomic mass is 16.5. The van der Waals surface area contributed by atoms with Crippen molar-refractivity contribution in [3.63, 3.8) is 0 Å². The maximum Gasteiger partial charge on any atom is 0.240 e. The summed E-state index contributed by atoms with van der Waals surface area (Å²) in [4.78, 5) is 19.5. The second-order valence-electron chi connectivity index (χ2n) is 8.00. The summed E-state index contributed by atoms with van der Waals surface area (Å²) < 4.78 is 5.23. The van der Waals surface area contributed by atoms with Crippen molar-refractivity contribution in [2.75, 3.05) is 45.2 Å². The Labute approximate surface area is 168 Å². The Kier molecular flexibility index (Phi) is 6.46. The highest BCUT2D eigenvalue weighted by Gasteiger charge is 2.41. The second-order valence-corrected chi connectivity index (χ2v) is 8.00. The minimum atomic E-state index is -0.617. The van der Waals surface area contributed by atoms with Crippen molar-refractivity contribution >= 4 is 11.6 Å². The lowest BCUT2D eigenvalue weighted by molar-refractivity contribution is -0.140. The summed E-state index contributed by atoms with van der Waals surface area (Å²) in [6, 6.07) is 10.4. The maximum absolute atomic E-state index is 13.1. The zero-order chi connectivity index (χ0) is 20.1. The van der Waals surface area contributed by atoms with E-state index in [0.717, 1.165) is 64.0 Å². The molecule has 0 unspecified atom stereocenters. The normalized spacial score (nSPS) is 20.9. The predicted octanol–water partition coefficient (Wildman–Crippen LogP) is 2.89. The zero-order valence-corrected chi connectivity index (χ0v) is 17.4. The summed E-state index contributed by atoms with van der Waals surface area (Å²) in [5.41, 5.74) is 0.566. The summed E-state index contributed by atoms with van der Waals surface area (Å²) in [6.07, 6.45) is 4.81. The molecule has 0 aromatic heterocycles. The third-order valence-electron chi connectivity index (χ3n) is 6.52. The van der Waals surface area contributed by atoms with E-state index in [1.165, 1.54) is 5.69 Å². The van der Waals surface area contributed by atoms with E-state index in [0.29, 0.717) is 0 Å². The Morgan fingerprint density at radius 2 is 1.75 bits per heavy atom. The standard InChI is InChI=1S/C22H32N4O2/c1-18(21(27)24(2)22(17-23)11-5-4-6-12-22)25-13-15-26(16-14-25)19-7-9-20(28-3)10-8-19/h7-10,18H,4-6,11-16H2,1-3H3/t18-/m0/s1. The van der Waals surface area contributed by atoms with E-state index in [1.807, 2.05) is 26.1 Å². The van der Waals surface area contributed by atoms with Crippen molar-refractivity contribution < 1.29 is 9.53 Å². The van der Waals surface area contributed by atoms with E-state index in [9.17, 15) is 10.1 Å².